The Hall–Kier alpha value is -2.43. The van der Waals surface area contributed by atoms with Gasteiger partial charge in [-0.1, -0.05) is 6.07 Å². The van der Waals surface area contributed by atoms with Gasteiger partial charge in [0.2, 0.25) is 0 Å². The van der Waals surface area contributed by atoms with E-state index in [1.165, 1.54) is 18.6 Å². The maximum absolute atomic E-state index is 11.7. The van der Waals surface area contributed by atoms with Crippen LogP contribution in [0.2, 0.25) is 0 Å². The first-order chi connectivity index (χ1) is 8.29. The predicted octanol–water partition coefficient (Wildman–Crippen LogP) is 1.70. The molecule has 1 heterocycles. The number of rotatable bonds is 3. The first-order valence-electron chi connectivity index (χ1n) is 4.92. The molecule has 0 atom stereocenters. The summed E-state index contributed by atoms with van der Waals surface area (Å²) in [6.07, 6.45) is 2.78. The van der Waals surface area contributed by atoms with Gasteiger partial charge in [0, 0.05) is 12.3 Å². The molecule has 0 radical (unpaired) electrons. The van der Waals surface area contributed by atoms with E-state index < -0.39 is 5.97 Å². The van der Waals surface area contributed by atoms with Crippen molar-refractivity contribution in [1.82, 2.24) is 9.97 Å². The van der Waals surface area contributed by atoms with E-state index in [1.807, 2.05) is 0 Å². The van der Waals surface area contributed by atoms with Crippen LogP contribution in [0.4, 0.5) is 0 Å². The smallest absolute Gasteiger partial charge is 0.362 e. The molecule has 2 rings (SSSR count). The second-order valence-electron chi connectivity index (χ2n) is 3.16. The van der Waals surface area contributed by atoms with Crippen molar-refractivity contribution in [3.8, 4) is 11.5 Å². The molecule has 2 aromatic rings. The zero-order valence-corrected chi connectivity index (χ0v) is 9.16. The Morgan fingerprint density at radius 2 is 2.06 bits per heavy atom. The van der Waals surface area contributed by atoms with Crippen LogP contribution < -0.4 is 9.47 Å². The summed E-state index contributed by atoms with van der Waals surface area (Å²) in [7, 11) is 1.55. The Balaban J connectivity index is 2.13. The minimum atomic E-state index is -0.527. The zero-order chi connectivity index (χ0) is 12.1. The molecule has 0 saturated heterocycles. The standard InChI is InChI=1S/C12H10N2O3/c1-16-9-3-2-4-10(7-9)17-12(15)11-5-6-13-8-14-11/h2-8H,1H3. The summed E-state index contributed by atoms with van der Waals surface area (Å²) in [5.41, 5.74) is 0.211. The van der Waals surface area contributed by atoms with Crippen LogP contribution in [0.3, 0.4) is 0 Å². The number of hydrogen-bond acceptors (Lipinski definition) is 5. The van der Waals surface area contributed by atoms with E-state index in [0.29, 0.717) is 11.5 Å². The third-order valence-electron chi connectivity index (χ3n) is 2.04. The van der Waals surface area contributed by atoms with Gasteiger partial charge in [-0.25, -0.2) is 14.8 Å². The maximum atomic E-state index is 11.7. The van der Waals surface area contributed by atoms with Crippen LogP contribution in [0.15, 0.2) is 42.9 Å². The Bertz CT molecular complexity index is 514. The molecule has 0 saturated carbocycles. The van der Waals surface area contributed by atoms with Gasteiger partial charge < -0.3 is 9.47 Å². The van der Waals surface area contributed by atoms with Gasteiger partial charge in [0.15, 0.2) is 5.69 Å². The van der Waals surface area contributed by atoms with Crippen molar-refractivity contribution in [3.63, 3.8) is 0 Å². The topological polar surface area (TPSA) is 61.3 Å². The first-order valence-corrected chi connectivity index (χ1v) is 4.92. The molecule has 0 aliphatic heterocycles. The first kappa shape index (κ1) is 11.1. The molecular formula is C12H10N2O3. The lowest BCUT2D eigenvalue weighted by molar-refractivity contribution is 0.0728. The fourth-order valence-electron chi connectivity index (χ4n) is 1.24. The highest BCUT2D eigenvalue weighted by Crippen LogP contribution is 2.19. The normalized spacial score (nSPS) is 9.71. The monoisotopic (exact) mass is 230 g/mol. The van der Waals surface area contributed by atoms with Crippen LogP contribution in [-0.2, 0) is 0 Å². The van der Waals surface area contributed by atoms with Crippen LogP contribution in [-0.4, -0.2) is 23.0 Å². The Morgan fingerprint density at radius 1 is 1.24 bits per heavy atom. The molecule has 1 aromatic carbocycles. The van der Waals surface area contributed by atoms with Gasteiger partial charge in [-0.2, -0.15) is 0 Å². The minimum Gasteiger partial charge on any atom is -0.497 e. The summed E-state index contributed by atoms with van der Waals surface area (Å²) >= 11 is 0. The van der Waals surface area contributed by atoms with E-state index in [4.69, 9.17) is 9.47 Å². The van der Waals surface area contributed by atoms with E-state index in [1.54, 1.807) is 31.4 Å². The lowest BCUT2D eigenvalue weighted by Crippen LogP contribution is -2.10. The SMILES string of the molecule is COc1cccc(OC(=O)c2ccncn2)c1. The third kappa shape index (κ3) is 2.78. The molecule has 0 aliphatic rings. The van der Waals surface area contributed by atoms with Crippen LogP contribution in [0, 0.1) is 0 Å². The van der Waals surface area contributed by atoms with Gasteiger partial charge >= 0.3 is 5.97 Å². The van der Waals surface area contributed by atoms with Crippen molar-refractivity contribution >= 4 is 5.97 Å². The maximum Gasteiger partial charge on any atom is 0.362 e. The van der Waals surface area contributed by atoms with Crippen molar-refractivity contribution in [2.24, 2.45) is 0 Å². The van der Waals surface area contributed by atoms with Crippen LogP contribution in [0.25, 0.3) is 0 Å². The van der Waals surface area contributed by atoms with Gasteiger partial charge in [-0.3, -0.25) is 0 Å². The van der Waals surface area contributed by atoms with E-state index >= 15 is 0 Å². The van der Waals surface area contributed by atoms with Crippen molar-refractivity contribution < 1.29 is 14.3 Å². The van der Waals surface area contributed by atoms with Crippen LogP contribution in [0.1, 0.15) is 10.5 Å². The number of methoxy groups -OCH3 is 1. The lowest BCUT2D eigenvalue weighted by atomic mass is 10.3. The molecule has 17 heavy (non-hydrogen) atoms. The lowest BCUT2D eigenvalue weighted by Gasteiger charge is -2.05. The molecule has 0 unspecified atom stereocenters. The fourth-order valence-corrected chi connectivity index (χ4v) is 1.24. The molecule has 1 aromatic heterocycles. The molecule has 0 N–H and O–H groups in total. The second kappa shape index (κ2) is 5.07. The van der Waals surface area contributed by atoms with E-state index in [9.17, 15) is 4.79 Å². The molecule has 5 nitrogen and oxygen atoms in total. The Morgan fingerprint density at radius 3 is 2.76 bits per heavy atom. The number of carbonyl (C=O) groups is 1. The number of hydrogen-bond donors (Lipinski definition) is 0. The summed E-state index contributed by atoms with van der Waals surface area (Å²) < 4.78 is 10.2. The highest BCUT2D eigenvalue weighted by molar-refractivity contribution is 5.88. The summed E-state index contributed by atoms with van der Waals surface area (Å²) in [6, 6.07) is 8.28. The summed E-state index contributed by atoms with van der Waals surface area (Å²) in [6.45, 7) is 0. The largest absolute Gasteiger partial charge is 0.497 e. The molecule has 0 fully saturated rings. The number of aromatic nitrogens is 2. The second-order valence-corrected chi connectivity index (χ2v) is 3.16. The molecule has 86 valence electrons. The molecular weight excluding hydrogens is 220 g/mol. The Labute approximate surface area is 98.0 Å². The van der Waals surface area contributed by atoms with Gasteiger partial charge in [0.05, 0.1) is 7.11 Å². The number of esters is 1. The zero-order valence-electron chi connectivity index (χ0n) is 9.16. The van der Waals surface area contributed by atoms with Crippen molar-refractivity contribution in [3.05, 3.63) is 48.5 Å². The number of benzene rings is 1. The number of carbonyl (C=O) groups excluding carboxylic acids is 1. The fraction of sp³-hybridized carbons (Fsp3) is 0.0833. The summed E-state index contributed by atoms with van der Waals surface area (Å²) in [4.78, 5) is 19.2. The van der Waals surface area contributed by atoms with Crippen molar-refractivity contribution in [1.29, 1.82) is 0 Å². The van der Waals surface area contributed by atoms with Gasteiger partial charge in [-0.05, 0) is 18.2 Å². The highest BCUT2D eigenvalue weighted by atomic mass is 16.5. The molecule has 0 amide bonds. The minimum absolute atomic E-state index is 0.211. The molecule has 0 bridgehead atoms. The van der Waals surface area contributed by atoms with E-state index in [2.05, 4.69) is 9.97 Å². The van der Waals surface area contributed by atoms with Gasteiger partial charge in [0.1, 0.15) is 17.8 Å². The highest BCUT2D eigenvalue weighted by Gasteiger charge is 2.09. The van der Waals surface area contributed by atoms with Crippen molar-refractivity contribution in [2.45, 2.75) is 0 Å². The van der Waals surface area contributed by atoms with Crippen LogP contribution >= 0.6 is 0 Å². The summed E-state index contributed by atoms with van der Waals surface area (Å²) in [5, 5.41) is 0. The van der Waals surface area contributed by atoms with E-state index in [-0.39, 0.29) is 5.69 Å². The molecule has 5 heteroatoms. The Kier molecular flexibility index (Phi) is 3.30. The van der Waals surface area contributed by atoms with E-state index in [0.717, 1.165) is 0 Å². The van der Waals surface area contributed by atoms with Crippen LogP contribution in [0.5, 0.6) is 11.5 Å². The third-order valence-corrected chi connectivity index (χ3v) is 2.04. The molecule has 0 spiro atoms. The quantitative estimate of drug-likeness (QED) is 0.593. The average molecular weight is 230 g/mol. The predicted molar refractivity (Wildman–Crippen MR) is 60.0 cm³/mol. The number of nitrogens with zero attached hydrogens (tertiary/aromatic N) is 2. The van der Waals surface area contributed by atoms with Crippen molar-refractivity contribution in [2.75, 3.05) is 7.11 Å². The van der Waals surface area contributed by atoms with Gasteiger partial charge in [-0.15, -0.1) is 0 Å². The van der Waals surface area contributed by atoms with Gasteiger partial charge in [0.25, 0.3) is 0 Å². The molecule has 0 aliphatic carbocycles. The average Bonchev–Trinajstić information content (AvgIpc) is 2.40. The summed E-state index contributed by atoms with van der Waals surface area (Å²) in [5.74, 6) is 0.506. The number of ether oxygens (including phenoxy) is 2.